The Morgan fingerprint density at radius 3 is 2.47 bits per heavy atom. The summed E-state index contributed by atoms with van der Waals surface area (Å²) in [5.41, 5.74) is 4.09. The van der Waals surface area contributed by atoms with Gasteiger partial charge in [-0.1, -0.05) is 36.4 Å². The van der Waals surface area contributed by atoms with Gasteiger partial charge in [-0.05, 0) is 42.7 Å². The van der Waals surface area contributed by atoms with E-state index in [0.717, 1.165) is 12.0 Å². The molecule has 1 aliphatic rings. The zero-order chi connectivity index (χ0) is 21.1. The number of carbonyl (C=O) groups is 3. The number of fused-ring (bicyclic) bond motifs is 1. The van der Waals surface area contributed by atoms with Gasteiger partial charge in [-0.3, -0.25) is 19.4 Å². The van der Waals surface area contributed by atoms with E-state index in [0.29, 0.717) is 29.9 Å². The molecule has 0 unspecified atom stereocenters. The van der Waals surface area contributed by atoms with Crippen LogP contribution in [0.15, 0.2) is 67.0 Å². The van der Waals surface area contributed by atoms with Gasteiger partial charge in [-0.15, -0.1) is 0 Å². The zero-order valence-corrected chi connectivity index (χ0v) is 16.6. The first-order valence-electron chi connectivity index (χ1n) is 9.75. The predicted octanol–water partition coefficient (Wildman–Crippen LogP) is 3.74. The molecule has 150 valence electrons. The van der Waals surface area contributed by atoms with Crippen LogP contribution in [-0.2, 0) is 13.0 Å². The van der Waals surface area contributed by atoms with Gasteiger partial charge in [0.15, 0.2) is 5.78 Å². The maximum atomic E-state index is 13.0. The van der Waals surface area contributed by atoms with Crippen LogP contribution in [0.2, 0.25) is 0 Å². The lowest BCUT2D eigenvalue weighted by Gasteiger charge is -2.28. The average molecular weight is 399 g/mol. The fourth-order valence-corrected chi connectivity index (χ4v) is 3.55. The Morgan fingerprint density at radius 2 is 1.67 bits per heavy atom. The summed E-state index contributed by atoms with van der Waals surface area (Å²) in [5, 5.41) is 2.76. The smallest absolute Gasteiger partial charge is 0.257 e. The Balaban J connectivity index is 1.50. The maximum Gasteiger partial charge on any atom is 0.257 e. The van der Waals surface area contributed by atoms with Gasteiger partial charge < -0.3 is 10.2 Å². The molecule has 3 aromatic rings. The van der Waals surface area contributed by atoms with Crippen molar-refractivity contribution >= 4 is 23.3 Å². The molecule has 1 aromatic heterocycles. The summed E-state index contributed by atoms with van der Waals surface area (Å²) in [4.78, 5) is 43.0. The number of nitrogens with zero attached hydrogens (tertiary/aromatic N) is 2. The molecule has 0 atom stereocenters. The minimum absolute atomic E-state index is 0.0801. The van der Waals surface area contributed by atoms with Gasteiger partial charge in [-0.2, -0.15) is 0 Å². The second-order valence-corrected chi connectivity index (χ2v) is 7.30. The lowest BCUT2D eigenvalue weighted by atomic mass is 9.99. The van der Waals surface area contributed by atoms with Crippen LogP contribution < -0.4 is 5.32 Å². The number of anilines is 1. The molecule has 0 aliphatic carbocycles. The van der Waals surface area contributed by atoms with E-state index in [9.17, 15) is 14.4 Å². The van der Waals surface area contributed by atoms with E-state index in [1.807, 2.05) is 18.2 Å². The van der Waals surface area contributed by atoms with E-state index in [1.54, 1.807) is 35.2 Å². The molecule has 0 fully saturated rings. The number of aromatic nitrogens is 1. The Labute approximate surface area is 174 Å². The van der Waals surface area contributed by atoms with Crippen LogP contribution in [0.5, 0.6) is 0 Å². The van der Waals surface area contributed by atoms with Gasteiger partial charge >= 0.3 is 0 Å². The van der Waals surface area contributed by atoms with Crippen molar-refractivity contribution in [1.29, 1.82) is 0 Å². The molecule has 30 heavy (non-hydrogen) atoms. The number of amides is 2. The molecule has 1 N–H and O–H groups in total. The van der Waals surface area contributed by atoms with Crippen LogP contribution in [-0.4, -0.2) is 34.0 Å². The monoisotopic (exact) mass is 399 g/mol. The number of benzene rings is 2. The lowest BCUT2D eigenvalue weighted by molar-refractivity contribution is 0.0734. The SMILES string of the molecule is CC(=O)c1cccc(NC(=O)c2cncc(C(=O)N3CCc4ccccc4C3)c2)c1. The third-order valence-corrected chi connectivity index (χ3v) is 5.19. The maximum absolute atomic E-state index is 13.0. The molecule has 0 radical (unpaired) electrons. The molecular formula is C24H21N3O3. The lowest BCUT2D eigenvalue weighted by Crippen LogP contribution is -2.36. The predicted molar refractivity (Wildman–Crippen MR) is 114 cm³/mol. The average Bonchev–Trinajstić information content (AvgIpc) is 2.78. The summed E-state index contributed by atoms with van der Waals surface area (Å²) in [5.74, 6) is -0.615. The van der Waals surface area contributed by atoms with Crippen LogP contribution >= 0.6 is 0 Å². The van der Waals surface area contributed by atoms with Gasteiger partial charge in [0.1, 0.15) is 0 Å². The van der Waals surface area contributed by atoms with Crippen LogP contribution in [0.4, 0.5) is 5.69 Å². The topological polar surface area (TPSA) is 79.4 Å². The largest absolute Gasteiger partial charge is 0.334 e. The molecule has 0 bridgehead atoms. The molecule has 0 spiro atoms. The zero-order valence-electron chi connectivity index (χ0n) is 16.6. The van der Waals surface area contributed by atoms with Crippen molar-refractivity contribution in [2.24, 2.45) is 0 Å². The van der Waals surface area contributed by atoms with Crippen LogP contribution in [0.25, 0.3) is 0 Å². The summed E-state index contributed by atoms with van der Waals surface area (Å²) < 4.78 is 0. The summed E-state index contributed by atoms with van der Waals surface area (Å²) >= 11 is 0. The highest BCUT2D eigenvalue weighted by molar-refractivity contribution is 6.06. The highest BCUT2D eigenvalue weighted by Gasteiger charge is 2.22. The van der Waals surface area contributed by atoms with Crippen LogP contribution in [0, 0.1) is 0 Å². The molecule has 1 aliphatic heterocycles. The highest BCUT2D eigenvalue weighted by atomic mass is 16.2. The van der Waals surface area contributed by atoms with Crippen LogP contribution in [0.3, 0.4) is 0 Å². The molecule has 6 heteroatoms. The van der Waals surface area contributed by atoms with E-state index in [1.165, 1.54) is 24.9 Å². The van der Waals surface area contributed by atoms with Gasteiger partial charge in [-0.25, -0.2) is 0 Å². The fourth-order valence-electron chi connectivity index (χ4n) is 3.55. The minimum Gasteiger partial charge on any atom is -0.334 e. The third-order valence-electron chi connectivity index (χ3n) is 5.19. The fraction of sp³-hybridized carbons (Fsp3) is 0.167. The van der Waals surface area contributed by atoms with Crippen molar-refractivity contribution in [3.63, 3.8) is 0 Å². The number of pyridine rings is 1. The molecule has 4 rings (SSSR count). The highest BCUT2D eigenvalue weighted by Crippen LogP contribution is 2.20. The molecule has 0 saturated heterocycles. The second kappa shape index (κ2) is 8.29. The van der Waals surface area contributed by atoms with Crippen molar-refractivity contribution in [2.75, 3.05) is 11.9 Å². The standard InChI is InChI=1S/C24H21N3O3/c1-16(28)18-7-4-8-22(12-18)26-23(29)20-11-21(14-25-13-20)24(30)27-10-9-17-5-2-3-6-19(17)15-27/h2-8,11-14H,9-10,15H2,1H3,(H,26,29). The number of carbonyl (C=O) groups excluding carboxylic acids is 3. The minimum atomic E-state index is -0.387. The number of Topliss-reactive ketones (excluding diaryl/α,β-unsaturated/α-hetero) is 1. The van der Waals surface area contributed by atoms with Crippen LogP contribution in [0.1, 0.15) is 49.1 Å². The third kappa shape index (κ3) is 4.12. The Kier molecular flexibility index (Phi) is 5.39. The first-order valence-corrected chi connectivity index (χ1v) is 9.75. The molecule has 0 saturated carbocycles. The molecular weight excluding hydrogens is 378 g/mol. The van der Waals surface area contributed by atoms with E-state index >= 15 is 0 Å². The Hall–Kier alpha value is -3.80. The molecule has 2 aromatic carbocycles. The van der Waals surface area contributed by atoms with Crippen molar-refractivity contribution in [2.45, 2.75) is 19.9 Å². The molecule has 2 heterocycles. The Morgan fingerprint density at radius 1 is 0.900 bits per heavy atom. The summed E-state index contributed by atoms with van der Waals surface area (Å²) in [6.07, 6.45) is 3.71. The number of hydrogen-bond acceptors (Lipinski definition) is 4. The summed E-state index contributed by atoms with van der Waals surface area (Å²) in [6.45, 7) is 2.65. The van der Waals surface area contributed by atoms with Gasteiger partial charge in [0.05, 0.1) is 11.1 Å². The van der Waals surface area contributed by atoms with Gasteiger partial charge in [0.25, 0.3) is 11.8 Å². The van der Waals surface area contributed by atoms with Crippen molar-refractivity contribution in [3.05, 3.63) is 94.8 Å². The number of nitrogens with one attached hydrogen (secondary N) is 1. The van der Waals surface area contributed by atoms with Gasteiger partial charge in [0, 0.05) is 36.7 Å². The van der Waals surface area contributed by atoms with E-state index in [4.69, 9.17) is 0 Å². The second-order valence-electron chi connectivity index (χ2n) is 7.30. The van der Waals surface area contributed by atoms with E-state index in [-0.39, 0.29) is 23.2 Å². The molecule has 6 nitrogen and oxygen atoms in total. The number of hydrogen-bond donors (Lipinski definition) is 1. The number of rotatable bonds is 4. The normalized spacial score (nSPS) is 12.8. The first-order chi connectivity index (χ1) is 14.5. The molecule has 2 amide bonds. The Bertz CT molecular complexity index is 1140. The van der Waals surface area contributed by atoms with Crippen molar-refractivity contribution in [1.82, 2.24) is 9.88 Å². The summed E-state index contributed by atoms with van der Waals surface area (Å²) in [6, 6.07) is 16.4. The van der Waals surface area contributed by atoms with Gasteiger partial charge in [0.2, 0.25) is 0 Å². The van der Waals surface area contributed by atoms with E-state index < -0.39 is 0 Å². The van der Waals surface area contributed by atoms with Crippen molar-refractivity contribution in [3.8, 4) is 0 Å². The first kappa shape index (κ1) is 19.5. The number of ketones is 1. The van der Waals surface area contributed by atoms with E-state index in [2.05, 4.69) is 16.4 Å². The quantitative estimate of drug-likeness (QED) is 0.678. The summed E-state index contributed by atoms with van der Waals surface area (Å²) in [7, 11) is 0. The van der Waals surface area contributed by atoms with Crippen molar-refractivity contribution < 1.29 is 14.4 Å².